The zero-order chi connectivity index (χ0) is 13.7. The fraction of sp³-hybridized carbons (Fsp3) is 0.467. The van der Waals surface area contributed by atoms with Crippen LogP contribution in [0.15, 0.2) is 24.3 Å². The number of nitriles is 1. The molecule has 1 amide bonds. The minimum Gasteiger partial charge on any atom is -0.348 e. The van der Waals surface area contributed by atoms with E-state index < -0.39 is 0 Å². The Bertz CT molecular complexity index is 486. The van der Waals surface area contributed by atoms with E-state index in [4.69, 9.17) is 11.0 Å². The first-order chi connectivity index (χ1) is 9.24. The van der Waals surface area contributed by atoms with Crippen LogP contribution in [0.4, 0.5) is 0 Å². The zero-order valence-corrected chi connectivity index (χ0v) is 10.9. The molecule has 1 fully saturated rings. The van der Waals surface area contributed by atoms with Crippen LogP contribution in [0.3, 0.4) is 0 Å². The van der Waals surface area contributed by atoms with Crippen LogP contribution in [-0.4, -0.2) is 18.5 Å². The summed E-state index contributed by atoms with van der Waals surface area (Å²) in [6.45, 7) is 0.467. The third-order valence-electron chi connectivity index (χ3n) is 3.79. The lowest BCUT2D eigenvalue weighted by Gasteiger charge is -2.23. The predicted octanol–water partition coefficient (Wildman–Crippen LogP) is 1.81. The van der Waals surface area contributed by atoms with Crippen LogP contribution in [0.1, 0.15) is 41.6 Å². The highest BCUT2D eigenvalue weighted by atomic mass is 16.1. The first-order valence-electron chi connectivity index (χ1n) is 6.75. The van der Waals surface area contributed by atoms with Gasteiger partial charge in [0.05, 0.1) is 11.6 Å². The van der Waals surface area contributed by atoms with E-state index in [9.17, 15) is 4.79 Å². The molecule has 1 aliphatic carbocycles. The Kier molecular flexibility index (Phi) is 4.53. The number of nitrogens with zero attached hydrogens (tertiary/aromatic N) is 1. The highest BCUT2D eigenvalue weighted by Gasteiger charge is 2.25. The number of rotatable bonds is 4. The van der Waals surface area contributed by atoms with Gasteiger partial charge in [-0.2, -0.15) is 5.26 Å². The predicted molar refractivity (Wildman–Crippen MR) is 73.4 cm³/mol. The molecule has 4 heteroatoms. The van der Waals surface area contributed by atoms with Crippen molar-refractivity contribution in [2.45, 2.75) is 31.7 Å². The quantitative estimate of drug-likeness (QED) is 0.863. The van der Waals surface area contributed by atoms with E-state index in [0.717, 1.165) is 12.8 Å². The monoisotopic (exact) mass is 257 g/mol. The molecule has 0 aliphatic heterocycles. The first kappa shape index (κ1) is 13.6. The highest BCUT2D eigenvalue weighted by Crippen LogP contribution is 2.27. The van der Waals surface area contributed by atoms with Crippen LogP contribution in [0.25, 0.3) is 0 Å². The number of nitrogens with one attached hydrogen (secondary N) is 1. The van der Waals surface area contributed by atoms with Crippen LogP contribution in [-0.2, 0) is 0 Å². The molecule has 4 nitrogen and oxygen atoms in total. The summed E-state index contributed by atoms with van der Waals surface area (Å²) in [6, 6.07) is 8.82. The Hall–Kier alpha value is -1.86. The summed E-state index contributed by atoms with van der Waals surface area (Å²) in [4.78, 5) is 12.2. The maximum Gasteiger partial charge on any atom is 0.251 e. The number of carbonyl (C=O) groups excluding carboxylic acids is 1. The second-order valence-electron chi connectivity index (χ2n) is 5.05. The maximum absolute atomic E-state index is 12.2. The van der Waals surface area contributed by atoms with Crippen molar-refractivity contribution in [1.82, 2.24) is 5.32 Å². The second-order valence-corrected chi connectivity index (χ2v) is 5.05. The van der Waals surface area contributed by atoms with Gasteiger partial charge in [0.1, 0.15) is 0 Å². The van der Waals surface area contributed by atoms with Gasteiger partial charge in [-0.25, -0.2) is 0 Å². The molecule has 0 saturated heterocycles. The summed E-state index contributed by atoms with van der Waals surface area (Å²) < 4.78 is 0. The normalized spacial score (nSPS) is 16.8. The fourth-order valence-electron chi connectivity index (χ4n) is 2.71. The molecule has 1 aliphatic rings. The first-order valence-corrected chi connectivity index (χ1v) is 6.75. The molecule has 1 atom stereocenters. The molecule has 19 heavy (non-hydrogen) atoms. The molecule has 3 N–H and O–H groups in total. The van der Waals surface area contributed by atoms with E-state index in [0.29, 0.717) is 23.6 Å². The molecule has 0 bridgehead atoms. The van der Waals surface area contributed by atoms with Gasteiger partial charge in [0.2, 0.25) is 0 Å². The van der Waals surface area contributed by atoms with Crippen LogP contribution in [0.2, 0.25) is 0 Å². The summed E-state index contributed by atoms with van der Waals surface area (Å²) in [5.74, 6) is 0.354. The van der Waals surface area contributed by atoms with Crippen LogP contribution < -0.4 is 11.1 Å². The van der Waals surface area contributed by atoms with E-state index in [1.165, 1.54) is 12.8 Å². The molecule has 1 unspecified atom stereocenters. The van der Waals surface area contributed by atoms with Gasteiger partial charge in [0.15, 0.2) is 0 Å². The van der Waals surface area contributed by atoms with Gasteiger partial charge in [-0.15, -0.1) is 0 Å². The van der Waals surface area contributed by atoms with Crippen molar-refractivity contribution in [1.29, 1.82) is 5.26 Å². The molecule has 100 valence electrons. The van der Waals surface area contributed by atoms with Crippen LogP contribution >= 0.6 is 0 Å². The zero-order valence-electron chi connectivity index (χ0n) is 10.9. The molecule has 0 spiro atoms. The number of carbonyl (C=O) groups is 1. The molecule has 0 radical (unpaired) electrons. The Morgan fingerprint density at radius 2 is 2.21 bits per heavy atom. The Morgan fingerprint density at radius 3 is 2.84 bits per heavy atom. The largest absolute Gasteiger partial charge is 0.348 e. The molecular formula is C15H19N3O. The lowest BCUT2D eigenvalue weighted by atomic mass is 9.97. The van der Waals surface area contributed by atoms with Gasteiger partial charge in [-0.1, -0.05) is 18.9 Å². The van der Waals surface area contributed by atoms with Gasteiger partial charge in [-0.3, -0.25) is 4.79 Å². The van der Waals surface area contributed by atoms with Gasteiger partial charge < -0.3 is 11.1 Å². The molecule has 1 aromatic carbocycles. The topological polar surface area (TPSA) is 78.9 Å². The smallest absolute Gasteiger partial charge is 0.251 e. The van der Waals surface area contributed by atoms with E-state index >= 15 is 0 Å². The average molecular weight is 257 g/mol. The van der Waals surface area contributed by atoms with Crippen molar-refractivity contribution in [2.24, 2.45) is 11.7 Å². The summed E-state index contributed by atoms with van der Waals surface area (Å²) in [6.07, 6.45) is 4.72. The van der Waals surface area contributed by atoms with E-state index in [1.54, 1.807) is 24.3 Å². The number of hydrogen-bond donors (Lipinski definition) is 2. The van der Waals surface area contributed by atoms with Crippen molar-refractivity contribution in [2.75, 3.05) is 6.54 Å². The summed E-state index contributed by atoms with van der Waals surface area (Å²) in [5.41, 5.74) is 6.79. The lowest BCUT2D eigenvalue weighted by molar-refractivity contribution is 0.0924. The van der Waals surface area contributed by atoms with E-state index in [1.807, 2.05) is 6.07 Å². The van der Waals surface area contributed by atoms with Crippen LogP contribution in [0, 0.1) is 17.2 Å². The molecular weight excluding hydrogens is 238 g/mol. The molecule has 2 rings (SSSR count). The standard InChI is InChI=1S/C15H19N3O/c16-9-11-4-3-7-13(8-11)15(19)18-14(10-17)12-5-1-2-6-12/h3-4,7-8,12,14H,1-2,5-6,10,17H2,(H,18,19). The fourth-order valence-corrected chi connectivity index (χ4v) is 2.71. The molecule has 1 aromatic rings. The minimum absolute atomic E-state index is 0.0424. The SMILES string of the molecule is N#Cc1cccc(C(=O)NC(CN)C2CCCC2)c1. The Morgan fingerprint density at radius 1 is 1.47 bits per heavy atom. The summed E-state index contributed by atoms with van der Waals surface area (Å²) in [5, 5.41) is 11.8. The van der Waals surface area contributed by atoms with Crippen molar-refractivity contribution < 1.29 is 4.79 Å². The van der Waals surface area contributed by atoms with Gasteiger partial charge >= 0.3 is 0 Å². The molecule has 1 saturated carbocycles. The van der Waals surface area contributed by atoms with Crippen molar-refractivity contribution in [3.8, 4) is 6.07 Å². The second kappa shape index (κ2) is 6.35. The summed E-state index contributed by atoms with van der Waals surface area (Å²) in [7, 11) is 0. The van der Waals surface area contributed by atoms with Crippen molar-refractivity contribution in [3.63, 3.8) is 0 Å². The number of nitrogens with two attached hydrogens (primary N) is 1. The van der Waals surface area contributed by atoms with Gasteiger partial charge in [0, 0.05) is 18.2 Å². The van der Waals surface area contributed by atoms with Crippen molar-refractivity contribution in [3.05, 3.63) is 35.4 Å². The third kappa shape index (κ3) is 3.33. The molecule has 0 aromatic heterocycles. The minimum atomic E-state index is -0.139. The summed E-state index contributed by atoms with van der Waals surface area (Å²) >= 11 is 0. The van der Waals surface area contributed by atoms with E-state index in [-0.39, 0.29) is 11.9 Å². The molecule has 0 heterocycles. The number of amides is 1. The van der Waals surface area contributed by atoms with Crippen LogP contribution in [0.5, 0.6) is 0 Å². The van der Waals surface area contributed by atoms with Gasteiger partial charge in [-0.05, 0) is 37.0 Å². The Balaban J connectivity index is 2.04. The number of benzene rings is 1. The Labute approximate surface area is 113 Å². The lowest BCUT2D eigenvalue weighted by Crippen LogP contribution is -2.44. The van der Waals surface area contributed by atoms with Crippen molar-refractivity contribution >= 4 is 5.91 Å². The average Bonchev–Trinajstić information content (AvgIpc) is 2.98. The van der Waals surface area contributed by atoms with E-state index in [2.05, 4.69) is 5.32 Å². The number of hydrogen-bond acceptors (Lipinski definition) is 3. The van der Waals surface area contributed by atoms with Gasteiger partial charge in [0.25, 0.3) is 5.91 Å². The highest BCUT2D eigenvalue weighted by molar-refractivity contribution is 5.94. The maximum atomic E-state index is 12.2. The third-order valence-corrected chi connectivity index (χ3v) is 3.79.